The predicted molar refractivity (Wildman–Crippen MR) is 22.5 cm³/mol. The number of carbonyl (C=O) groups excluding carboxylic acids is 1. The molecule has 0 aliphatic heterocycles. The summed E-state index contributed by atoms with van der Waals surface area (Å²) in [6.07, 6.45) is -2.57. The second-order valence-electron chi connectivity index (χ2n) is 1.10. The van der Waals surface area contributed by atoms with Crippen LogP contribution in [0.4, 0.5) is 13.6 Å². The van der Waals surface area contributed by atoms with Crippen molar-refractivity contribution in [3.63, 3.8) is 0 Å². The van der Waals surface area contributed by atoms with Gasteiger partial charge in [-0.05, 0) is 0 Å². The van der Waals surface area contributed by atoms with Gasteiger partial charge < -0.3 is 5.32 Å². The molecule has 2 amide bonds. The van der Waals surface area contributed by atoms with E-state index in [2.05, 4.69) is 0 Å². The van der Waals surface area contributed by atoms with Crippen LogP contribution < -0.4 is 11.1 Å². The van der Waals surface area contributed by atoms with Gasteiger partial charge in [-0.3, -0.25) is 0 Å². The van der Waals surface area contributed by atoms with Gasteiger partial charge in [-0.1, -0.05) is 0 Å². The number of nitrogens with one attached hydrogen (secondary N) is 2. The summed E-state index contributed by atoms with van der Waals surface area (Å²) in [4.78, 5) is 9.57. The number of halogens is 2. The molecule has 0 saturated carbocycles. The minimum atomic E-state index is -2.57. The molecule has 0 spiro atoms. The van der Waals surface area contributed by atoms with Crippen LogP contribution in [-0.2, 0) is 0 Å². The van der Waals surface area contributed by atoms with Gasteiger partial charge in [0.2, 0.25) is 0 Å². The Kier molecular flexibility index (Phi) is 2.83. The van der Waals surface area contributed by atoms with Gasteiger partial charge in [0, 0.05) is 0 Å². The first kappa shape index (κ1) is 7.13. The lowest BCUT2D eigenvalue weighted by molar-refractivity contribution is 0.147. The molecular formula is C3H5F2N2O. The highest BCUT2D eigenvalue weighted by Gasteiger charge is 2.01. The van der Waals surface area contributed by atoms with E-state index < -0.39 is 19.0 Å². The second kappa shape index (κ2) is 3.17. The van der Waals surface area contributed by atoms with Gasteiger partial charge in [0.15, 0.2) is 0 Å². The molecule has 0 atom stereocenters. The third-order valence-electron chi connectivity index (χ3n) is 0.417. The summed E-state index contributed by atoms with van der Waals surface area (Å²) in [5, 5.41) is 1.62. The van der Waals surface area contributed by atoms with Crippen molar-refractivity contribution in [2.75, 3.05) is 6.54 Å². The molecule has 0 aliphatic rings. The van der Waals surface area contributed by atoms with Crippen molar-refractivity contribution in [1.82, 2.24) is 11.1 Å². The topological polar surface area (TPSA) is 52.9 Å². The first-order chi connectivity index (χ1) is 3.63. The average Bonchev–Trinajstić information content (AvgIpc) is 1.61. The summed E-state index contributed by atoms with van der Waals surface area (Å²) in [7, 11) is 0. The van der Waals surface area contributed by atoms with Crippen LogP contribution in [0.25, 0.3) is 0 Å². The normalized spacial score (nSPS) is 9.38. The van der Waals surface area contributed by atoms with Crippen molar-refractivity contribution in [2.24, 2.45) is 0 Å². The van der Waals surface area contributed by atoms with Crippen LogP contribution in [0.3, 0.4) is 0 Å². The van der Waals surface area contributed by atoms with E-state index in [4.69, 9.17) is 5.73 Å². The lowest BCUT2D eigenvalue weighted by Gasteiger charge is -1.95. The van der Waals surface area contributed by atoms with Gasteiger partial charge in [-0.25, -0.2) is 19.3 Å². The lowest BCUT2D eigenvalue weighted by atomic mass is 10.7. The zero-order valence-corrected chi connectivity index (χ0v) is 3.95. The van der Waals surface area contributed by atoms with Crippen LogP contribution in [0, 0.1) is 0 Å². The molecule has 0 aliphatic carbocycles. The minimum Gasteiger partial charge on any atom is -0.331 e. The molecule has 8 heavy (non-hydrogen) atoms. The van der Waals surface area contributed by atoms with E-state index in [1.165, 1.54) is 0 Å². The summed E-state index contributed by atoms with van der Waals surface area (Å²) >= 11 is 0. The highest BCUT2D eigenvalue weighted by Crippen LogP contribution is 1.86. The molecule has 47 valence electrons. The third-order valence-corrected chi connectivity index (χ3v) is 0.417. The Morgan fingerprint density at radius 1 is 1.75 bits per heavy atom. The first-order valence-electron chi connectivity index (χ1n) is 1.90. The van der Waals surface area contributed by atoms with E-state index in [0.29, 0.717) is 0 Å². The van der Waals surface area contributed by atoms with E-state index in [-0.39, 0.29) is 0 Å². The molecule has 1 radical (unpaired) electrons. The van der Waals surface area contributed by atoms with Crippen molar-refractivity contribution >= 4 is 6.03 Å². The first-order valence-corrected chi connectivity index (χ1v) is 1.90. The van der Waals surface area contributed by atoms with Gasteiger partial charge >= 0.3 is 6.03 Å². The molecule has 0 bridgehead atoms. The number of rotatable bonds is 2. The fraction of sp³-hybridized carbons (Fsp3) is 0.667. The van der Waals surface area contributed by atoms with Gasteiger partial charge in [0.25, 0.3) is 6.43 Å². The average molecular weight is 123 g/mol. The molecule has 2 N–H and O–H groups in total. The Bertz CT molecular complexity index is 85.4. The molecule has 0 heterocycles. The number of alkyl halides is 2. The van der Waals surface area contributed by atoms with Gasteiger partial charge in [-0.2, -0.15) is 0 Å². The molecule has 0 aromatic rings. The maximum absolute atomic E-state index is 11.1. The molecule has 0 rings (SSSR count). The quantitative estimate of drug-likeness (QED) is 0.562. The van der Waals surface area contributed by atoms with Gasteiger partial charge in [-0.15, -0.1) is 0 Å². The maximum atomic E-state index is 11.1. The fourth-order valence-electron chi connectivity index (χ4n) is 0.170. The van der Waals surface area contributed by atoms with E-state index in [9.17, 15) is 13.6 Å². The Morgan fingerprint density at radius 2 is 2.25 bits per heavy atom. The summed E-state index contributed by atoms with van der Waals surface area (Å²) in [5.41, 5.74) is 6.09. The SMILES string of the molecule is [NH]C(=O)NCC(F)F. The van der Waals surface area contributed by atoms with Crippen molar-refractivity contribution in [1.29, 1.82) is 0 Å². The molecule has 5 heteroatoms. The maximum Gasteiger partial charge on any atom is 0.333 e. The molecule has 0 saturated heterocycles. The monoisotopic (exact) mass is 123 g/mol. The number of urea groups is 1. The van der Waals surface area contributed by atoms with Gasteiger partial charge in [0.1, 0.15) is 0 Å². The Morgan fingerprint density at radius 3 is 2.38 bits per heavy atom. The van der Waals surface area contributed by atoms with Crippen LogP contribution >= 0.6 is 0 Å². The molecule has 0 fully saturated rings. The van der Waals surface area contributed by atoms with E-state index in [1.54, 1.807) is 5.32 Å². The lowest BCUT2D eigenvalue weighted by Crippen LogP contribution is -2.27. The van der Waals surface area contributed by atoms with Crippen LogP contribution in [0.1, 0.15) is 0 Å². The third kappa shape index (κ3) is 5.13. The largest absolute Gasteiger partial charge is 0.333 e. The zero-order chi connectivity index (χ0) is 6.57. The summed E-state index contributed by atoms with van der Waals surface area (Å²) in [6.45, 7) is -0.734. The molecule has 3 nitrogen and oxygen atoms in total. The van der Waals surface area contributed by atoms with Crippen molar-refractivity contribution in [2.45, 2.75) is 6.43 Å². The number of amides is 2. The molecule has 0 aromatic heterocycles. The van der Waals surface area contributed by atoms with Gasteiger partial charge in [0.05, 0.1) is 6.54 Å². The Labute approximate surface area is 44.9 Å². The van der Waals surface area contributed by atoms with Crippen LogP contribution in [0.5, 0.6) is 0 Å². The molecule has 0 unspecified atom stereocenters. The van der Waals surface area contributed by atoms with Crippen LogP contribution in [0.15, 0.2) is 0 Å². The predicted octanol–water partition coefficient (Wildman–Crippen LogP) is 0.244. The van der Waals surface area contributed by atoms with E-state index in [0.717, 1.165) is 0 Å². The Hall–Kier alpha value is -0.870. The van der Waals surface area contributed by atoms with Crippen molar-refractivity contribution < 1.29 is 13.6 Å². The van der Waals surface area contributed by atoms with E-state index in [1.807, 2.05) is 0 Å². The smallest absolute Gasteiger partial charge is 0.331 e. The van der Waals surface area contributed by atoms with Crippen molar-refractivity contribution in [3.05, 3.63) is 0 Å². The summed E-state index contributed by atoms with van der Waals surface area (Å²) in [5.74, 6) is 0. The minimum absolute atomic E-state index is 0.734. The number of hydrogen-bond acceptors (Lipinski definition) is 1. The highest BCUT2D eigenvalue weighted by atomic mass is 19.3. The van der Waals surface area contributed by atoms with Crippen LogP contribution in [0.2, 0.25) is 0 Å². The molecular weight excluding hydrogens is 118 g/mol. The van der Waals surface area contributed by atoms with E-state index >= 15 is 0 Å². The fourth-order valence-corrected chi connectivity index (χ4v) is 0.170. The summed E-state index contributed by atoms with van der Waals surface area (Å²) < 4.78 is 22.2. The Balaban J connectivity index is 3.05. The second-order valence-corrected chi connectivity index (χ2v) is 1.10. The van der Waals surface area contributed by atoms with Crippen molar-refractivity contribution in [3.8, 4) is 0 Å². The number of hydrogen-bond donors (Lipinski definition) is 1. The molecule has 0 aromatic carbocycles. The highest BCUT2D eigenvalue weighted by molar-refractivity contribution is 5.70. The standard InChI is InChI=1S/C3H5F2N2O/c4-2(5)1-7-3(6)8/h2,6H,1H2,(H,7,8). The zero-order valence-electron chi connectivity index (χ0n) is 3.95. The number of carbonyl (C=O) groups is 1. The summed E-state index contributed by atoms with van der Waals surface area (Å²) in [6, 6.07) is -1.18. The van der Waals surface area contributed by atoms with Crippen LogP contribution in [-0.4, -0.2) is 19.0 Å².